The minimum atomic E-state index is -0.862. The topological polar surface area (TPSA) is 81.7 Å². The summed E-state index contributed by atoms with van der Waals surface area (Å²) in [4.78, 5) is 25.8. The molecule has 1 aliphatic rings. The highest BCUT2D eigenvalue weighted by molar-refractivity contribution is 5.90. The lowest BCUT2D eigenvalue weighted by Gasteiger charge is -2.20. The first-order chi connectivity index (χ1) is 13.6. The Morgan fingerprint density at radius 2 is 1.79 bits per heavy atom. The predicted octanol–water partition coefficient (Wildman–Crippen LogP) is 3.88. The Morgan fingerprint density at radius 1 is 1.04 bits per heavy atom. The van der Waals surface area contributed by atoms with E-state index in [-0.39, 0.29) is 18.5 Å². The summed E-state index contributed by atoms with van der Waals surface area (Å²) in [7, 11) is 0. The second-order valence-electron chi connectivity index (χ2n) is 7.16. The van der Waals surface area contributed by atoms with Gasteiger partial charge in [-0.05, 0) is 49.4 Å². The first-order valence-electron chi connectivity index (χ1n) is 9.78. The molecule has 28 heavy (non-hydrogen) atoms. The Kier molecular flexibility index (Phi) is 6.89. The highest BCUT2D eigenvalue weighted by Crippen LogP contribution is 2.23. The fourth-order valence-electron chi connectivity index (χ4n) is 3.53. The van der Waals surface area contributed by atoms with E-state index in [4.69, 9.17) is 5.11 Å². The number of hydrogen-bond acceptors (Lipinski definition) is 3. The van der Waals surface area contributed by atoms with Gasteiger partial charge in [0.15, 0.2) is 0 Å². The van der Waals surface area contributed by atoms with E-state index in [1.807, 2.05) is 48.5 Å². The van der Waals surface area contributed by atoms with Gasteiger partial charge in [-0.1, -0.05) is 36.4 Å². The van der Waals surface area contributed by atoms with Crippen LogP contribution in [0.2, 0.25) is 0 Å². The van der Waals surface area contributed by atoms with E-state index >= 15 is 0 Å². The molecule has 0 aromatic heterocycles. The second kappa shape index (κ2) is 9.78. The highest BCUT2D eigenvalue weighted by Gasteiger charge is 2.16. The highest BCUT2D eigenvalue weighted by atomic mass is 16.4. The summed E-state index contributed by atoms with van der Waals surface area (Å²) in [5, 5.41) is 14.8. The molecule has 0 spiro atoms. The molecule has 2 aromatic carbocycles. The van der Waals surface area contributed by atoms with Crippen LogP contribution in [0.25, 0.3) is 0 Å². The van der Waals surface area contributed by atoms with Crippen molar-refractivity contribution in [3.8, 4) is 0 Å². The number of hydrogen-bond donors (Lipinski definition) is 3. The molecule has 2 amide bonds. The van der Waals surface area contributed by atoms with Gasteiger partial charge in [0.05, 0.1) is 0 Å². The zero-order valence-corrected chi connectivity index (χ0v) is 15.9. The number of carboxylic acids is 1. The van der Waals surface area contributed by atoms with E-state index < -0.39 is 5.97 Å². The molecule has 0 saturated carbocycles. The summed E-state index contributed by atoms with van der Waals surface area (Å²) in [6.45, 7) is 2.09. The Hall–Kier alpha value is -3.02. The molecule has 1 fully saturated rings. The lowest BCUT2D eigenvalue weighted by molar-refractivity contribution is -0.137. The molecule has 0 radical (unpaired) electrons. The molecule has 6 heteroatoms. The van der Waals surface area contributed by atoms with Crippen molar-refractivity contribution in [2.75, 3.05) is 23.3 Å². The van der Waals surface area contributed by atoms with Gasteiger partial charge in [0, 0.05) is 36.9 Å². The molecule has 1 atom stereocenters. The number of carbonyl (C=O) groups is 2. The van der Waals surface area contributed by atoms with Crippen molar-refractivity contribution in [1.82, 2.24) is 5.32 Å². The minimum Gasteiger partial charge on any atom is -0.481 e. The number of carboxylic acid groups (broad SMARTS) is 1. The van der Waals surface area contributed by atoms with Crippen molar-refractivity contribution in [2.45, 2.75) is 38.1 Å². The van der Waals surface area contributed by atoms with Gasteiger partial charge in [-0.3, -0.25) is 4.79 Å². The maximum absolute atomic E-state index is 12.5. The average Bonchev–Trinajstić information content (AvgIpc) is 3.22. The summed E-state index contributed by atoms with van der Waals surface area (Å²) in [5.74, 6) is -0.862. The van der Waals surface area contributed by atoms with Crippen molar-refractivity contribution < 1.29 is 14.7 Å². The molecule has 1 unspecified atom stereocenters. The average molecular weight is 381 g/mol. The monoisotopic (exact) mass is 381 g/mol. The molecule has 2 aromatic rings. The summed E-state index contributed by atoms with van der Waals surface area (Å²) in [6, 6.07) is 17.0. The number of benzene rings is 2. The first kappa shape index (κ1) is 19.7. The molecule has 1 saturated heterocycles. The Labute approximate surface area is 165 Å². The van der Waals surface area contributed by atoms with Crippen LogP contribution < -0.4 is 15.5 Å². The van der Waals surface area contributed by atoms with Crippen LogP contribution in [0.15, 0.2) is 54.6 Å². The van der Waals surface area contributed by atoms with Gasteiger partial charge in [-0.25, -0.2) is 4.79 Å². The predicted molar refractivity (Wildman–Crippen MR) is 111 cm³/mol. The molecule has 6 nitrogen and oxygen atoms in total. The quantitative estimate of drug-likeness (QED) is 0.648. The van der Waals surface area contributed by atoms with E-state index in [2.05, 4.69) is 21.6 Å². The summed E-state index contributed by atoms with van der Waals surface area (Å²) < 4.78 is 0. The Bertz CT molecular complexity index is 789. The first-order valence-corrected chi connectivity index (χ1v) is 9.78. The van der Waals surface area contributed by atoms with Gasteiger partial charge in [0.25, 0.3) is 0 Å². The van der Waals surface area contributed by atoms with Crippen LogP contribution in [-0.4, -0.2) is 36.2 Å². The van der Waals surface area contributed by atoms with Crippen LogP contribution in [0.4, 0.5) is 16.2 Å². The minimum absolute atomic E-state index is 0.0161. The van der Waals surface area contributed by atoms with E-state index in [1.54, 1.807) is 0 Å². The molecule has 0 bridgehead atoms. The number of nitrogens with one attached hydrogen (secondary N) is 2. The summed E-state index contributed by atoms with van der Waals surface area (Å²) >= 11 is 0. The van der Waals surface area contributed by atoms with Crippen molar-refractivity contribution in [3.63, 3.8) is 0 Å². The maximum atomic E-state index is 12.5. The number of carbonyl (C=O) groups excluding carboxylic acids is 1. The zero-order valence-electron chi connectivity index (χ0n) is 15.9. The third-order valence-electron chi connectivity index (χ3n) is 4.94. The van der Waals surface area contributed by atoms with Crippen LogP contribution in [0.3, 0.4) is 0 Å². The van der Waals surface area contributed by atoms with Crippen molar-refractivity contribution in [3.05, 3.63) is 60.2 Å². The standard InChI is InChI=1S/C22H27N3O3/c26-21(27)12-11-19(15-17-7-2-1-3-8-17)24-22(28)23-18-9-6-10-20(16-18)25-13-4-5-14-25/h1-3,6-10,16,19H,4-5,11-15H2,(H,26,27)(H2,23,24,28). The molecular formula is C22H27N3O3. The molecule has 148 valence electrons. The smallest absolute Gasteiger partial charge is 0.319 e. The molecular weight excluding hydrogens is 354 g/mol. The largest absolute Gasteiger partial charge is 0.481 e. The SMILES string of the molecule is O=C(O)CCC(Cc1ccccc1)NC(=O)Nc1cccc(N2CCCC2)c1. The van der Waals surface area contributed by atoms with E-state index in [1.165, 1.54) is 12.8 Å². The molecule has 3 N–H and O–H groups in total. The second-order valence-corrected chi connectivity index (χ2v) is 7.16. The number of amides is 2. The van der Waals surface area contributed by atoms with Crippen LogP contribution in [0.1, 0.15) is 31.2 Å². The van der Waals surface area contributed by atoms with Gasteiger partial charge < -0.3 is 20.6 Å². The van der Waals surface area contributed by atoms with E-state index in [0.717, 1.165) is 30.0 Å². The van der Waals surface area contributed by atoms with Crippen LogP contribution in [-0.2, 0) is 11.2 Å². The van der Waals surface area contributed by atoms with Gasteiger partial charge in [-0.2, -0.15) is 0 Å². The van der Waals surface area contributed by atoms with Gasteiger partial charge in [0.2, 0.25) is 0 Å². The fourth-order valence-corrected chi connectivity index (χ4v) is 3.53. The molecule has 1 heterocycles. The molecule has 1 aliphatic heterocycles. The van der Waals surface area contributed by atoms with Crippen molar-refractivity contribution >= 4 is 23.4 Å². The van der Waals surface area contributed by atoms with Gasteiger partial charge >= 0.3 is 12.0 Å². The number of anilines is 2. The molecule has 0 aliphatic carbocycles. The lowest BCUT2D eigenvalue weighted by Crippen LogP contribution is -2.39. The zero-order chi connectivity index (χ0) is 19.8. The Morgan fingerprint density at radius 3 is 2.50 bits per heavy atom. The Balaban J connectivity index is 1.60. The number of urea groups is 1. The van der Waals surface area contributed by atoms with Crippen molar-refractivity contribution in [1.29, 1.82) is 0 Å². The van der Waals surface area contributed by atoms with Gasteiger partial charge in [-0.15, -0.1) is 0 Å². The summed E-state index contributed by atoms with van der Waals surface area (Å²) in [6.07, 6.45) is 3.38. The number of rotatable bonds is 8. The summed E-state index contributed by atoms with van der Waals surface area (Å²) in [5.41, 5.74) is 2.91. The number of aliphatic carboxylic acids is 1. The normalized spacial score (nSPS) is 14.5. The lowest BCUT2D eigenvalue weighted by atomic mass is 10.0. The third-order valence-corrected chi connectivity index (χ3v) is 4.94. The maximum Gasteiger partial charge on any atom is 0.319 e. The van der Waals surface area contributed by atoms with Crippen molar-refractivity contribution in [2.24, 2.45) is 0 Å². The van der Waals surface area contributed by atoms with Crippen LogP contribution in [0, 0.1) is 0 Å². The van der Waals surface area contributed by atoms with Gasteiger partial charge in [0.1, 0.15) is 0 Å². The third kappa shape index (κ3) is 6.01. The van der Waals surface area contributed by atoms with E-state index in [0.29, 0.717) is 12.8 Å². The van der Waals surface area contributed by atoms with Crippen LogP contribution in [0.5, 0.6) is 0 Å². The number of nitrogens with zero attached hydrogens (tertiary/aromatic N) is 1. The molecule has 3 rings (SSSR count). The fraction of sp³-hybridized carbons (Fsp3) is 0.364. The van der Waals surface area contributed by atoms with Crippen LogP contribution >= 0.6 is 0 Å². The van der Waals surface area contributed by atoms with E-state index in [9.17, 15) is 9.59 Å².